The summed E-state index contributed by atoms with van der Waals surface area (Å²) in [4.78, 5) is 14.1. The van der Waals surface area contributed by atoms with E-state index in [4.69, 9.17) is 5.73 Å². The summed E-state index contributed by atoms with van der Waals surface area (Å²) in [7, 11) is 0. The number of likely N-dealkylation sites (tertiary alicyclic amines) is 1. The van der Waals surface area contributed by atoms with Gasteiger partial charge in [-0.15, -0.1) is 0 Å². The molecule has 1 aromatic rings. The van der Waals surface area contributed by atoms with Crippen LogP contribution >= 0.6 is 0 Å². The summed E-state index contributed by atoms with van der Waals surface area (Å²) in [5.41, 5.74) is 6.38. The van der Waals surface area contributed by atoms with Gasteiger partial charge in [0, 0.05) is 37.6 Å². The lowest BCUT2D eigenvalue weighted by Gasteiger charge is -2.18. The molecule has 0 aliphatic carbocycles. The van der Waals surface area contributed by atoms with Crippen LogP contribution in [0.4, 0.5) is 5.69 Å². The van der Waals surface area contributed by atoms with Crippen LogP contribution < -0.4 is 11.3 Å². The molecular formula is C14H23N3O. The molecule has 0 bridgehead atoms. The van der Waals surface area contributed by atoms with Crippen molar-refractivity contribution in [2.75, 3.05) is 25.4 Å². The maximum absolute atomic E-state index is 11.6. The van der Waals surface area contributed by atoms with Crippen LogP contribution in [0.5, 0.6) is 0 Å². The van der Waals surface area contributed by atoms with Gasteiger partial charge in [0.25, 0.3) is 5.56 Å². The molecule has 1 aromatic heterocycles. The minimum absolute atomic E-state index is 0.0313. The van der Waals surface area contributed by atoms with Crippen molar-refractivity contribution in [1.82, 2.24) is 9.47 Å². The molecule has 2 rings (SSSR count). The number of hydrogen-bond donors (Lipinski definition) is 1. The molecule has 4 nitrogen and oxygen atoms in total. The number of nitrogens with zero attached hydrogens (tertiary/aromatic N) is 2. The molecule has 100 valence electrons. The fraction of sp³-hybridized carbons (Fsp3) is 0.643. The summed E-state index contributed by atoms with van der Waals surface area (Å²) in [6.07, 6.45) is 3.02. The fourth-order valence-corrected chi connectivity index (χ4v) is 2.58. The zero-order valence-corrected chi connectivity index (χ0v) is 11.3. The third kappa shape index (κ3) is 3.13. The predicted molar refractivity (Wildman–Crippen MR) is 74.5 cm³/mol. The van der Waals surface area contributed by atoms with Gasteiger partial charge in [0.1, 0.15) is 0 Å². The maximum atomic E-state index is 11.6. The fourth-order valence-electron chi connectivity index (χ4n) is 2.58. The zero-order chi connectivity index (χ0) is 13.1. The van der Waals surface area contributed by atoms with E-state index in [2.05, 4.69) is 18.7 Å². The van der Waals surface area contributed by atoms with Gasteiger partial charge in [0.2, 0.25) is 0 Å². The first-order chi connectivity index (χ1) is 8.56. The van der Waals surface area contributed by atoms with Crippen LogP contribution in [0.3, 0.4) is 0 Å². The SMILES string of the molecule is CC(C)C1CCN(CCn2cc(N)ccc2=O)C1. The second-order valence-electron chi connectivity index (χ2n) is 5.59. The van der Waals surface area contributed by atoms with E-state index in [0.29, 0.717) is 5.69 Å². The lowest BCUT2D eigenvalue weighted by atomic mass is 9.95. The molecule has 1 fully saturated rings. The summed E-state index contributed by atoms with van der Waals surface area (Å²) in [5, 5.41) is 0. The van der Waals surface area contributed by atoms with Gasteiger partial charge < -0.3 is 15.2 Å². The summed E-state index contributed by atoms with van der Waals surface area (Å²) in [6, 6.07) is 3.19. The van der Waals surface area contributed by atoms with Gasteiger partial charge in [0.05, 0.1) is 0 Å². The quantitative estimate of drug-likeness (QED) is 0.877. The van der Waals surface area contributed by atoms with Crippen LogP contribution in [0.25, 0.3) is 0 Å². The molecular weight excluding hydrogens is 226 g/mol. The van der Waals surface area contributed by atoms with Crippen LogP contribution in [0, 0.1) is 11.8 Å². The summed E-state index contributed by atoms with van der Waals surface area (Å²) >= 11 is 0. The molecule has 4 heteroatoms. The number of nitrogen functional groups attached to an aromatic ring is 1. The summed E-state index contributed by atoms with van der Waals surface area (Å²) in [6.45, 7) is 8.56. The minimum Gasteiger partial charge on any atom is -0.398 e. The van der Waals surface area contributed by atoms with Gasteiger partial charge in [-0.25, -0.2) is 0 Å². The average molecular weight is 249 g/mol. The smallest absolute Gasteiger partial charge is 0.250 e. The van der Waals surface area contributed by atoms with E-state index >= 15 is 0 Å². The Morgan fingerprint density at radius 3 is 2.83 bits per heavy atom. The Morgan fingerprint density at radius 2 is 2.17 bits per heavy atom. The molecule has 18 heavy (non-hydrogen) atoms. The minimum atomic E-state index is 0.0313. The normalized spacial score (nSPS) is 20.7. The van der Waals surface area contributed by atoms with Crippen molar-refractivity contribution >= 4 is 5.69 Å². The van der Waals surface area contributed by atoms with Crippen molar-refractivity contribution in [3.63, 3.8) is 0 Å². The topological polar surface area (TPSA) is 51.3 Å². The lowest BCUT2D eigenvalue weighted by Crippen LogP contribution is -2.29. The van der Waals surface area contributed by atoms with E-state index in [1.165, 1.54) is 12.5 Å². The summed E-state index contributed by atoms with van der Waals surface area (Å²) < 4.78 is 1.71. The van der Waals surface area contributed by atoms with Gasteiger partial charge in [-0.05, 0) is 30.9 Å². The van der Waals surface area contributed by atoms with Crippen LogP contribution in [-0.2, 0) is 6.54 Å². The molecule has 0 saturated carbocycles. The van der Waals surface area contributed by atoms with Gasteiger partial charge in [-0.3, -0.25) is 4.79 Å². The molecule has 0 aromatic carbocycles. The third-order valence-corrected chi connectivity index (χ3v) is 3.92. The third-order valence-electron chi connectivity index (χ3n) is 3.92. The van der Waals surface area contributed by atoms with Crippen molar-refractivity contribution in [2.45, 2.75) is 26.8 Å². The second kappa shape index (κ2) is 5.57. The number of rotatable bonds is 4. The van der Waals surface area contributed by atoms with E-state index in [9.17, 15) is 4.79 Å². The largest absolute Gasteiger partial charge is 0.398 e. The van der Waals surface area contributed by atoms with Crippen molar-refractivity contribution in [2.24, 2.45) is 11.8 Å². The molecule has 0 spiro atoms. The van der Waals surface area contributed by atoms with Crippen molar-refractivity contribution in [3.8, 4) is 0 Å². The molecule has 1 unspecified atom stereocenters. The predicted octanol–water partition coefficient (Wildman–Crippen LogP) is 1.41. The van der Waals surface area contributed by atoms with Gasteiger partial charge in [0.15, 0.2) is 0 Å². The van der Waals surface area contributed by atoms with Crippen LogP contribution in [-0.4, -0.2) is 29.1 Å². The first-order valence-corrected chi connectivity index (χ1v) is 6.74. The Balaban J connectivity index is 1.89. The molecule has 1 saturated heterocycles. The molecule has 2 heterocycles. The lowest BCUT2D eigenvalue weighted by molar-refractivity contribution is 0.291. The van der Waals surface area contributed by atoms with Crippen molar-refractivity contribution < 1.29 is 0 Å². The van der Waals surface area contributed by atoms with E-state index in [0.717, 1.165) is 38.0 Å². The van der Waals surface area contributed by atoms with E-state index in [-0.39, 0.29) is 5.56 Å². The Morgan fingerprint density at radius 1 is 1.39 bits per heavy atom. The highest BCUT2D eigenvalue weighted by atomic mass is 16.1. The van der Waals surface area contributed by atoms with E-state index in [1.54, 1.807) is 16.8 Å². The van der Waals surface area contributed by atoms with Gasteiger partial charge in [-0.1, -0.05) is 13.8 Å². The Hall–Kier alpha value is -1.29. The van der Waals surface area contributed by atoms with Crippen molar-refractivity contribution in [3.05, 3.63) is 28.7 Å². The van der Waals surface area contributed by atoms with Crippen molar-refractivity contribution in [1.29, 1.82) is 0 Å². The standard InChI is InChI=1S/C14H23N3O/c1-11(2)12-5-6-16(9-12)7-8-17-10-13(15)3-4-14(17)18/h3-4,10-12H,5-9,15H2,1-2H3. The monoisotopic (exact) mass is 249 g/mol. The molecule has 1 aliphatic rings. The number of hydrogen-bond acceptors (Lipinski definition) is 3. The van der Waals surface area contributed by atoms with Crippen LogP contribution in [0.2, 0.25) is 0 Å². The highest BCUT2D eigenvalue weighted by Gasteiger charge is 2.24. The zero-order valence-electron chi connectivity index (χ0n) is 11.3. The molecule has 1 aliphatic heterocycles. The summed E-state index contributed by atoms with van der Waals surface area (Å²) in [5.74, 6) is 1.56. The highest BCUT2D eigenvalue weighted by molar-refractivity contribution is 5.33. The number of pyridine rings is 1. The first-order valence-electron chi connectivity index (χ1n) is 6.74. The maximum Gasteiger partial charge on any atom is 0.250 e. The molecule has 1 atom stereocenters. The molecule has 0 radical (unpaired) electrons. The Labute approximate surface area is 108 Å². The molecule has 0 amide bonds. The van der Waals surface area contributed by atoms with E-state index in [1.807, 2.05) is 0 Å². The highest BCUT2D eigenvalue weighted by Crippen LogP contribution is 2.23. The average Bonchev–Trinajstić information content (AvgIpc) is 2.79. The Bertz CT molecular complexity index is 453. The van der Waals surface area contributed by atoms with Crippen LogP contribution in [0.1, 0.15) is 20.3 Å². The second-order valence-corrected chi connectivity index (χ2v) is 5.59. The molecule has 2 N–H and O–H groups in total. The first kappa shape index (κ1) is 13.1. The Kier molecular flexibility index (Phi) is 4.07. The van der Waals surface area contributed by atoms with Gasteiger partial charge >= 0.3 is 0 Å². The van der Waals surface area contributed by atoms with E-state index < -0.39 is 0 Å². The number of aromatic nitrogens is 1. The van der Waals surface area contributed by atoms with Crippen LogP contribution in [0.15, 0.2) is 23.1 Å². The number of nitrogens with two attached hydrogens (primary N) is 1. The van der Waals surface area contributed by atoms with Gasteiger partial charge in [-0.2, -0.15) is 0 Å². The number of anilines is 1.